The lowest BCUT2D eigenvalue weighted by Crippen LogP contribution is -2.18. The lowest BCUT2D eigenvalue weighted by atomic mass is 10.2. The van der Waals surface area contributed by atoms with Crippen LogP contribution in [0, 0.1) is 20.8 Å². The minimum Gasteiger partial charge on any atom is -0.317 e. The van der Waals surface area contributed by atoms with Crippen molar-refractivity contribution in [2.24, 2.45) is 0 Å². The zero-order chi connectivity index (χ0) is 18.4. The van der Waals surface area contributed by atoms with E-state index >= 15 is 0 Å². The molecule has 0 saturated carbocycles. The molecule has 0 aliphatic carbocycles. The van der Waals surface area contributed by atoms with E-state index in [-0.39, 0.29) is 23.5 Å². The Kier molecular flexibility index (Phi) is 4.44. The number of carbonyl (C=O) groups excluding carboxylic acids is 1. The number of rotatable bonds is 4. The molecule has 2 aromatic rings. The van der Waals surface area contributed by atoms with Gasteiger partial charge in [-0.3, -0.25) is 14.2 Å². The van der Waals surface area contributed by atoms with Gasteiger partial charge in [-0.15, -0.1) is 0 Å². The second kappa shape index (κ2) is 6.29. The molecular weight excluding hydrogens is 342 g/mol. The smallest absolute Gasteiger partial charge is 0.274 e. The van der Waals surface area contributed by atoms with E-state index in [4.69, 9.17) is 0 Å². The van der Waals surface area contributed by atoms with Crippen LogP contribution in [0.25, 0.3) is 0 Å². The molecule has 1 aliphatic rings. The zero-order valence-corrected chi connectivity index (χ0v) is 15.7. The standard InChI is InChI=1S/C16H23N5O3S/c1-5-20-14(8-10(2)18-20)16(22)17-15-11(3)19-21(12(15)4)13-6-7-25(23,24)9-13/h8,13H,5-7,9H2,1-4H3,(H,17,22). The zero-order valence-electron chi connectivity index (χ0n) is 14.9. The van der Waals surface area contributed by atoms with E-state index in [1.54, 1.807) is 15.4 Å². The third-order valence-corrected chi connectivity index (χ3v) is 6.30. The van der Waals surface area contributed by atoms with Crippen LogP contribution in [0.4, 0.5) is 5.69 Å². The molecule has 1 unspecified atom stereocenters. The van der Waals surface area contributed by atoms with Crippen molar-refractivity contribution in [2.75, 3.05) is 16.8 Å². The third kappa shape index (κ3) is 3.33. The van der Waals surface area contributed by atoms with Gasteiger partial charge in [-0.2, -0.15) is 10.2 Å². The molecule has 1 aliphatic heterocycles. The second-order valence-corrected chi connectivity index (χ2v) is 8.72. The Morgan fingerprint density at radius 1 is 1.32 bits per heavy atom. The van der Waals surface area contributed by atoms with Gasteiger partial charge in [0.2, 0.25) is 0 Å². The van der Waals surface area contributed by atoms with E-state index in [2.05, 4.69) is 15.5 Å². The number of hydrogen-bond donors (Lipinski definition) is 1. The normalized spacial score (nSPS) is 19.3. The van der Waals surface area contributed by atoms with Gasteiger partial charge in [-0.1, -0.05) is 0 Å². The average Bonchev–Trinajstić information content (AvgIpc) is 3.18. The highest BCUT2D eigenvalue weighted by atomic mass is 32.2. The van der Waals surface area contributed by atoms with Gasteiger partial charge in [0.15, 0.2) is 9.84 Å². The van der Waals surface area contributed by atoms with Crippen LogP contribution < -0.4 is 5.32 Å². The Hall–Kier alpha value is -2.16. The van der Waals surface area contributed by atoms with Gasteiger partial charge < -0.3 is 5.32 Å². The van der Waals surface area contributed by atoms with E-state index in [9.17, 15) is 13.2 Å². The fraction of sp³-hybridized carbons (Fsp3) is 0.562. The number of aryl methyl sites for hydroxylation is 3. The molecule has 1 amide bonds. The molecule has 3 rings (SSSR count). The van der Waals surface area contributed by atoms with Crippen LogP contribution in [0.2, 0.25) is 0 Å². The maximum atomic E-state index is 12.6. The van der Waals surface area contributed by atoms with Crippen molar-refractivity contribution in [3.8, 4) is 0 Å². The van der Waals surface area contributed by atoms with E-state index in [0.29, 0.717) is 30.0 Å². The van der Waals surface area contributed by atoms with Crippen molar-refractivity contribution in [1.82, 2.24) is 19.6 Å². The minimum absolute atomic E-state index is 0.101. The van der Waals surface area contributed by atoms with Crippen LogP contribution in [0.3, 0.4) is 0 Å². The first-order valence-corrected chi connectivity index (χ1v) is 10.2. The summed E-state index contributed by atoms with van der Waals surface area (Å²) in [4.78, 5) is 12.6. The molecule has 1 saturated heterocycles. The van der Waals surface area contributed by atoms with Crippen molar-refractivity contribution < 1.29 is 13.2 Å². The van der Waals surface area contributed by atoms with E-state index in [1.807, 2.05) is 27.7 Å². The number of sulfone groups is 1. The summed E-state index contributed by atoms with van der Waals surface area (Å²) in [7, 11) is -3.00. The molecule has 9 heteroatoms. The molecule has 3 heterocycles. The number of carbonyl (C=O) groups is 1. The van der Waals surface area contributed by atoms with Gasteiger partial charge in [-0.05, 0) is 40.2 Å². The molecule has 25 heavy (non-hydrogen) atoms. The SMILES string of the molecule is CCn1nc(C)cc1C(=O)Nc1c(C)nn(C2CCS(=O)(=O)C2)c1C. The molecule has 1 fully saturated rings. The maximum Gasteiger partial charge on any atom is 0.274 e. The molecular formula is C16H23N5O3S. The van der Waals surface area contributed by atoms with E-state index in [1.165, 1.54) is 0 Å². The van der Waals surface area contributed by atoms with Crippen LogP contribution in [0.1, 0.15) is 47.0 Å². The molecule has 0 spiro atoms. The molecule has 0 radical (unpaired) electrons. The Morgan fingerprint density at radius 2 is 2.04 bits per heavy atom. The van der Waals surface area contributed by atoms with Crippen LogP contribution in [-0.2, 0) is 16.4 Å². The van der Waals surface area contributed by atoms with Gasteiger partial charge in [0.1, 0.15) is 5.69 Å². The monoisotopic (exact) mass is 365 g/mol. The Bertz CT molecular complexity index is 926. The number of nitrogens with zero attached hydrogens (tertiary/aromatic N) is 4. The molecule has 1 atom stereocenters. The second-order valence-electron chi connectivity index (χ2n) is 6.49. The Labute approximate surface area is 147 Å². The van der Waals surface area contributed by atoms with E-state index in [0.717, 1.165) is 11.4 Å². The van der Waals surface area contributed by atoms with Gasteiger partial charge in [-0.25, -0.2) is 8.42 Å². The fourth-order valence-corrected chi connectivity index (χ4v) is 5.01. The van der Waals surface area contributed by atoms with E-state index < -0.39 is 9.84 Å². The highest BCUT2D eigenvalue weighted by Crippen LogP contribution is 2.29. The topological polar surface area (TPSA) is 98.9 Å². The van der Waals surface area contributed by atoms with Gasteiger partial charge in [0.25, 0.3) is 5.91 Å². The summed E-state index contributed by atoms with van der Waals surface area (Å²) in [6, 6.07) is 1.58. The molecule has 0 aromatic carbocycles. The number of aromatic nitrogens is 4. The molecule has 1 N–H and O–H groups in total. The van der Waals surface area contributed by atoms with Crippen LogP contribution in [0.5, 0.6) is 0 Å². The summed E-state index contributed by atoms with van der Waals surface area (Å²) in [5, 5.41) is 11.7. The van der Waals surface area contributed by atoms with Crippen molar-refractivity contribution >= 4 is 21.4 Å². The fourth-order valence-electron chi connectivity index (χ4n) is 3.31. The first-order valence-electron chi connectivity index (χ1n) is 8.33. The summed E-state index contributed by atoms with van der Waals surface area (Å²) >= 11 is 0. The molecule has 8 nitrogen and oxygen atoms in total. The van der Waals surface area contributed by atoms with Gasteiger partial charge >= 0.3 is 0 Å². The molecule has 0 bridgehead atoms. The summed E-state index contributed by atoms with van der Waals surface area (Å²) in [5.41, 5.74) is 3.36. The minimum atomic E-state index is -3.00. The van der Waals surface area contributed by atoms with Crippen LogP contribution >= 0.6 is 0 Å². The quantitative estimate of drug-likeness (QED) is 0.888. The number of amides is 1. The van der Waals surface area contributed by atoms with Crippen LogP contribution in [-0.4, -0.2) is 45.4 Å². The Morgan fingerprint density at radius 3 is 2.64 bits per heavy atom. The number of anilines is 1. The molecule has 136 valence electrons. The van der Waals surface area contributed by atoms with Gasteiger partial charge in [0, 0.05) is 6.54 Å². The lowest BCUT2D eigenvalue weighted by Gasteiger charge is -2.12. The predicted molar refractivity (Wildman–Crippen MR) is 94.6 cm³/mol. The average molecular weight is 365 g/mol. The summed E-state index contributed by atoms with van der Waals surface area (Å²) in [6.45, 7) is 8.04. The maximum absolute atomic E-state index is 12.6. The van der Waals surface area contributed by atoms with Gasteiger partial charge in [0.05, 0.1) is 40.3 Å². The van der Waals surface area contributed by atoms with Crippen molar-refractivity contribution in [1.29, 1.82) is 0 Å². The van der Waals surface area contributed by atoms with Crippen molar-refractivity contribution in [3.63, 3.8) is 0 Å². The first-order chi connectivity index (χ1) is 11.7. The highest BCUT2D eigenvalue weighted by molar-refractivity contribution is 7.91. The predicted octanol–water partition coefficient (Wildman–Crippen LogP) is 1.64. The summed E-state index contributed by atoms with van der Waals surface area (Å²) in [5.74, 6) is 0.0452. The third-order valence-electron chi connectivity index (χ3n) is 4.55. The largest absolute Gasteiger partial charge is 0.317 e. The van der Waals surface area contributed by atoms with Crippen LogP contribution in [0.15, 0.2) is 6.07 Å². The summed E-state index contributed by atoms with van der Waals surface area (Å²) in [6.07, 6.45) is 0.555. The Balaban J connectivity index is 1.87. The summed E-state index contributed by atoms with van der Waals surface area (Å²) < 4.78 is 26.9. The lowest BCUT2D eigenvalue weighted by molar-refractivity contribution is 0.101. The highest BCUT2D eigenvalue weighted by Gasteiger charge is 2.31. The van der Waals surface area contributed by atoms with Crippen molar-refractivity contribution in [3.05, 3.63) is 28.8 Å². The number of nitrogens with one attached hydrogen (secondary N) is 1. The first kappa shape index (κ1) is 17.7. The number of hydrogen-bond acceptors (Lipinski definition) is 5. The molecule has 2 aromatic heterocycles. The van der Waals surface area contributed by atoms with Crippen molar-refractivity contribution in [2.45, 2.75) is 46.7 Å².